The van der Waals surface area contributed by atoms with Crippen molar-refractivity contribution in [3.63, 3.8) is 0 Å². The summed E-state index contributed by atoms with van der Waals surface area (Å²) in [6.07, 6.45) is 7.81. The van der Waals surface area contributed by atoms with E-state index in [4.69, 9.17) is 0 Å². The number of rotatable bonds is 7. The van der Waals surface area contributed by atoms with E-state index in [1.165, 1.54) is 24.0 Å². The molecule has 1 heterocycles. The smallest absolute Gasteiger partial charge is 0.242 e. The van der Waals surface area contributed by atoms with Crippen molar-refractivity contribution in [3.8, 4) is 0 Å². The van der Waals surface area contributed by atoms with Gasteiger partial charge in [-0.2, -0.15) is 11.8 Å². The maximum Gasteiger partial charge on any atom is 0.242 e. The zero-order chi connectivity index (χ0) is 18.4. The minimum atomic E-state index is -0.450. The summed E-state index contributed by atoms with van der Waals surface area (Å²) in [5.41, 5.74) is 2.46. The van der Waals surface area contributed by atoms with Crippen LogP contribution in [0.25, 0.3) is 0 Å². The van der Waals surface area contributed by atoms with Gasteiger partial charge >= 0.3 is 0 Å². The number of hydrogen-bond acceptors (Lipinski definition) is 4. The van der Waals surface area contributed by atoms with Gasteiger partial charge in [0, 0.05) is 12.6 Å². The van der Waals surface area contributed by atoms with Gasteiger partial charge in [0.15, 0.2) is 0 Å². The number of hydrogen-bond donors (Lipinski definition) is 3. The first-order valence-corrected chi connectivity index (χ1v) is 11.0. The van der Waals surface area contributed by atoms with Crippen molar-refractivity contribution in [2.75, 3.05) is 12.0 Å². The molecular formula is C20H29N3O2S. The van der Waals surface area contributed by atoms with Crippen molar-refractivity contribution in [1.82, 2.24) is 16.0 Å². The third kappa shape index (κ3) is 5.01. The lowest BCUT2D eigenvalue weighted by molar-refractivity contribution is -0.130. The van der Waals surface area contributed by atoms with Gasteiger partial charge in [-0.25, -0.2) is 0 Å². The first kappa shape index (κ1) is 19.2. The van der Waals surface area contributed by atoms with Gasteiger partial charge in [0.25, 0.3) is 0 Å². The van der Waals surface area contributed by atoms with Crippen LogP contribution < -0.4 is 16.0 Å². The van der Waals surface area contributed by atoms with Crippen LogP contribution in [0.4, 0.5) is 0 Å². The van der Waals surface area contributed by atoms with Gasteiger partial charge in [-0.1, -0.05) is 37.1 Å². The molecule has 142 valence electrons. The maximum absolute atomic E-state index is 12.8. The Balaban J connectivity index is 1.58. The normalized spacial score (nSPS) is 21.0. The molecule has 6 heteroatoms. The molecule has 1 aromatic rings. The number of amides is 2. The highest BCUT2D eigenvalue weighted by atomic mass is 32.2. The van der Waals surface area contributed by atoms with E-state index in [1.807, 2.05) is 18.4 Å². The van der Waals surface area contributed by atoms with E-state index < -0.39 is 6.04 Å². The van der Waals surface area contributed by atoms with Gasteiger partial charge in [-0.15, -0.1) is 0 Å². The number of thioether (sulfide) groups is 1. The molecule has 2 unspecified atom stereocenters. The Morgan fingerprint density at radius 2 is 1.96 bits per heavy atom. The third-order valence-corrected chi connectivity index (χ3v) is 5.99. The Kier molecular flexibility index (Phi) is 6.97. The Morgan fingerprint density at radius 1 is 1.23 bits per heavy atom. The van der Waals surface area contributed by atoms with Crippen LogP contribution in [-0.4, -0.2) is 41.9 Å². The van der Waals surface area contributed by atoms with E-state index in [1.54, 1.807) is 11.8 Å². The average Bonchev–Trinajstić information content (AvgIpc) is 3.17. The summed E-state index contributed by atoms with van der Waals surface area (Å²) < 4.78 is 0. The summed E-state index contributed by atoms with van der Waals surface area (Å²) in [7, 11) is 0. The molecule has 1 fully saturated rings. The number of carbonyl (C=O) groups excluding carboxylic acids is 2. The Morgan fingerprint density at radius 3 is 2.69 bits per heavy atom. The predicted octanol–water partition coefficient (Wildman–Crippen LogP) is 2.00. The molecule has 0 aromatic heterocycles. The first-order chi connectivity index (χ1) is 12.7. The second kappa shape index (κ2) is 9.42. The highest BCUT2D eigenvalue weighted by Gasteiger charge is 2.29. The fraction of sp³-hybridized carbons (Fsp3) is 0.600. The van der Waals surface area contributed by atoms with E-state index in [0.29, 0.717) is 19.4 Å². The molecule has 0 saturated heterocycles. The maximum atomic E-state index is 12.8. The molecule has 5 nitrogen and oxygen atoms in total. The molecule has 3 N–H and O–H groups in total. The molecular weight excluding hydrogens is 346 g/mol. The lowest BCUT2D eigenvalue weighted by Crippen LogP contribution is -2.55. The monoisotopic (exact) mass is 375 g/mol. The lowest BCUT2D eigenvalue weighted by Gasteiger charge is -2.28. The molecule has 1 saturated carbocycles. The van der Waals surface area contributed by atoms with E-state index in [-0.39, 0.29) is 23.9 Å². The van der Waals surface area contributed by atoms with E-state index >= 15 is 0 Å². The molecule has 0 spiro atoms. The molecule has 3 rings (SSSR count). The summed E-state index contributed by atoms with van der Waals surface area (Å²) in [6, 6.07) is 7.75. The molecule has 1 aliphatic carbocycles. The zero-order valence-electron chi connectivity index (χ0n) is 15.4. The summed E-state index contributed by atoms with van der Waals surface area (Å²) in [4.78, 5) is 25.4. The minimum Gasteiger partial charge on any atom is -0.352 e. The van der Waals surface area contributed by atoms with Gasteiger partial charge in [0.05, 0.1) is 6.04 Å². The van der Waals surface area contributed by atoms with Crippen LogP contribution in [0, 0.1) is 0 Å². The van der Waals surface area contributed by atoms with Crippen molar-refractivity contribution < 1.29 is 9.59 Å². The fourth-order valence-electron chi connectivity index (χ4n) is 3.79. The topological polar surface area (TPSA) is 70.2 Å². The van der Waals surface area contributed by atoms with Crippen molar-refractivity contribution in [2.24, 2.45) is 0 Å². The van der Waals surface area contributed by atoms with Crippen molar-refractivity contribution in [3.05, 3.63) is 35.4 Å². The van der Waals surface area contributed by atoms with Crippen LogP contribution >= 0.6 is 11.8 Å². The zero-order valence-corrected chi connectivity index (χ0v) is 16.2. The van der Waals surface area contributed by atoms with Crippen LogP contribution in [-0.2, 0) is 22.6 Å². The van der Waals surface area contributed by atoms with Crippen molar-refractivity contribution in [1.29, 1.82) is 0 Å². The summed E-state index contributed by atoms with van der Waals surface area (Å²) >= 11 is 1.70. The minimum absolute atomic E-state index is 0.0319. The average molecular weight is 376 g/mol. The van der Waals surface area contributed by atoms with Gasteiger partial charge in [0.2, 0.25) is 11.8 Å². The molecule has 1 aromatic carbocycles. The first-order valence-electron chi connectivity index (χ1n) is 9.57. The van der Waals surface area contributed by atoms with Crippen LogP contribution in [0.3, 0.4) is 0 Å². The summed E-state index contributed by atoms with van der Waals surface area (Å²) in [6.45, 7) is 0.692. The summed E-state index contributed by atoms with van der Waals surface area (Å²) in [5.74, 6) is 0.743. The predicted molar refractivity (Wildman–Crippen MR) is 106 cm³/mol. The Bertz CT molecular complexity index is 631. The largest absolute Gasteiger partial charge is 0.352 e. The third-order valence-electron chi connectivity index (χ3n) is 5.34. The Hall–Kier alpha value is -1.53. The number of carbonyl (C=O) groups is 2. The van der Waals surface area contributed by atoms with Gasteiger partial charge in [0.1, 0.15) is 6.04 Å². The molecule has 0 bridgehead atoms. The van der Waals surface area contributed by atoms with Crippen molar-refractivity contribution in [2.45, 2.75) is 63.2 Å². The molecule has 2 amide bonds. The van der Waals surface area contributed by atoms with Crippen molar-refractivity contribution >= 4 is 23.6 Å². The SMILES string of the molecule is CSCCC(NC(=O)C1Cc2ccccc2CN1)C(=O)NC1CCCC1. The number of nitrogens with one attached hydrogen (secondary N) is 3. The van der Waals surface area contributed by atoms with E-state index in [9.17, 15) is 9.59 Å². The second-order valence-corrected chi connectivity index (χ2v) is 8.22. The van der Waals surface area contributed by atoms with E-state index in [0.717, 1.165) is 18.6 Å². The Labute approximate surface area is 160 Å². The lowest BCUT2D eigenvalue weighted by atomic mass is 9.95. The molecule has 0 radical (unpaired) electrons. The number of benzene rings is 1. The molecule has 2 atom stereocenters. The van der Waals surface area contributed by atoms with Gasteiger partial charge < -0.3 is 16.0 Å². The van der Waals surface area contributed by atoms with E-state index in [2.05, 4.69) is 28.1 Å². The highest BCUT2D eigenvalue weighted by molar-refractivity contribution is 7.98. The van der Waals surface area contributed by atoms with Gasteiger partial charge in [-0.05, 0) is 48.8 Å². The molecule has 26 heavy (non-hydrogen) atoms. The van der Waals surface area contributed by atoms with Crippen LogP contribution in [0.15, 0.2) is 24.3 Å². The van der Waals surface area contributed by atoms with Crippen LogP contribution in [0.2, 0.25) is 0 Å². The summed E-state index contributed by atoms with van der Waals surface area (Å²) in [5, 5.41) is 9.43. The molecule has 2 aliphatic rings. The van der Waals surface area contributed by atoms with Crippen LogP contribution in [0.1, 0.15) is 43.2 Å². The fourth-order valence-corrected chi connectivity index (χ4v) is 4.26. The molecule has 1 aliphatic heterocycles. The quantitative estimate of drug-likeness (QED) is 0.682. The number of fused-ring (bicyclic) bond motifs is 1. The van der Waals surface area contributed by atoms with Gasteiger partial charge in [-0.3, -0.25) is 9.59 Å². The van der Waals surface area contributed by atoms with Crippen LogP contribution in [0.5, 0.6) is 0 Å². The highest BCUT2D eigenvalue weighted by Crippen LogP contribution is 2.19. The standard InChI is InChI=1S/C20H29N3O2S/c1-26-11-10-17(19(24)22-16-8-4-5-9-16)23-20(25)18-12-14-6-2-3-7-15(14)13-21-18/h2-3,6-7,16-18,21H,4-5,8-13H2,1H3,(H,22,24)(H,23,25). The second-order valence-electron chi connectivity index (χ2n) is 7.24.